The van der Waals surface area contributed by atoms with Crippen molar-refractivity contribution in [1.82, 2.24) is 9.80 Å². The molecule has 0 radical (unpaired) electrons. The van der Waals surface area contributed by atoms with Crippen LogP contribution >= 0.6 is 23.2 Å². The maximum Gasteiger partial charge on any atom is 0.156 e. The minimum Gasteiger partial charge on any atom is -0.491 e. The van der Waals surface area contributed by atoms with Crippen LogP contribution in [-0.2, 0) is 0 Å². The van der Waals surface area contributed by atoms with Gasteiger partial charge in [0.1, 0.15) is 0 Å². The van der Waals surface area contributed by atoms with E-state index in [0.717, 1.165) is 31.7 Å². The van der Waals surface area contributed by atoms with E-state index in [2.05, 4.69) is 16.8 Å². The van der Waals surface area contributed by atoms with Gasteiger partial charge in [-0.3, -0.25) is 4.90 Å². The zero-order valence-electron chi connectivity index (χ0n) is 12.6. The van der Waals surface area contributed by atoms with E-state index in [4.69, 9.17) is 33.7 Å². The van der Waals surface area contributed by atoms with Crippen molar-refractivity contribution in [1.29, 1.82) is 0 Å². The molecule has 1 atom stereocenters. The fraction of sp³-hybridized carbons (Fsp3) is 0.600. The average Bonchev–Trinajstić information content (AvgIpc) is 2.46. The summed E-state index contributed by atoms with van der Waals surface area (Å²) >= 11 is 12.6. The molecule has 1 unspecified atom stereocenters. The van der Waals surface area contributed by atoms with E-state index in [9.17, 15) is 0 Å². The number of halogens is 2. The normalized spacial score (nSPS) is 18.7. The molecule has 1 aliphatic rings. The lowest BCUT2D eigenvalue weighted by molar-refractivity contribution is 0.114. The number of ether oxygens (including phenoxy) is 1. The summed E-state index contributed by atoms with van der Waals surface area (Å²) < 4.78 is 5.48. The number of hydrogen-bond donors (Lipinski definition) is 1. The van der Waals surface area contributed by atoms with E-state index < -0.39 is 0 Å². The van der Waals surface area contributed by atoms with Crippen LogP contribution < -0.4 is 10.5 Å². The molecule has 1 saturated heterocycles. The van der Waals surface area contributed by atoms with E-state index in [-0.39, 0.29) is 6.04 Å². The first kappa shape index (κ1) is 16.8. The van der Waals surface area contributed by atoms with Crippen LogP contribution in [0.4, 0.5) is 0 Å². The van der Waals surface area contributed by atoms with Crippen molar-refractivity contribution < 1.29 is 4.74 Å². The predicted molar refractivity (Wildman–Crippen MR) is 88.5 cm³/mol. The quantitative estimate of drug-likeness (QED) is 0.900. The van der Waals surface area contributed by atoms with Crippen molar-refractivity contribution in [2.75, 3.05) is 46.4 Å². The highest BCUT2D eigenvalue weighted by molar-refractivity contribution is 6.37. The molecule has 0 aliphatic carbocycles. The summed E-state index contributed by atoms with van der Waals surface area (Å²) in [5.74, 6) is 0.554. The molecular weight excluding hydrogens is 309 g/mol. The second-order valence-corrected chi connectivity index (χ2v) is 6.15. The van der Waals surface area contributed by atoms with Crippen LogP contribution in [0.5, 0.6) is 5.75 Å². The van der Waals surface area contributed by atoms with Crippen LogP contribution in [0.2, 0.25) is 10.0 Å². The van der Waals surface area contributed by atoms with Gasteiger partial charge in [0.25, 0.3) is 0 Å². The average molecular weight is 332 g/mol. The number of hydrogen-bond acceptors (Lipinski definition) is 4. The van der Waals surface area contributed by atoms with Gasteiger partial charge in [-0.25, -0.2) is 0 Å². The smallest absolute Gasteiger partial charge is 0.156 e. The van der Waals surface area contributed by atoms with Gasteiger partial charge in [-0.05, 0) is 31.7 Å². The number of rotatable bonds is 5. The van der Waals surface area contributed by atoms with Crippen LogP contribution in [0.3, 0.4) is 0 Å². The van der Waals surface area contributed by atoms with E-state index in [0.29, 0.717) is 28.9 Å². The SMILES string of the molecule is CCOc1c(Cl)cc(C(CN)N2CCN(C)CC2)cc1Cl. The Hall–Kier alpha value is -0.520. The van der Waals surface area contributed by atoms with Crippen LogP contribution in [0.1, 0.15) is 18.5 Å². The lowest BCUT2D eigenvalue weighted by Gasteiger charge is -2.37. The second kappa shape index (κ2) is 7.65. The highest BCUT2D eigenvalue weighted by Gasteiger charge is 2.24. The van der Waals surface area contributed by atoms with Gasteiger partial charge in [-0.2, -0.15) is 0 Å². The standard InChI is InChI=1S/C15H23Cl2N3O/c1-3-21-15-12(16)8-11(9-13(15)17)14(10-18)20-6-4-19(2)5-7-20/h8-9,14H,3-7,10,18H2,1-2H3. The van der Waals surface area contributed by atoms with Crippen molar-refractivity contribution in [3.8, 4) is 5.75 Å². The Labute approximate surface area is 136 Å². The van der Waals surface area contributed by atoms with Gasteiger partial charge in [0, 0.05) is 38.8 Å². The molecule has 1 aromatic carbocycles. The van der Waals surface area contributed by atoms with Crippen LogP contribution in [-0.4, -0.2) is 56.2 Å². The summed E-state index contributed by atoms with van der Waals surface area (Å²) in [6.07, 6.45) is 0. The van der Waals surface area contributed by atoms with Crippen molar-refractivity contribution in [2.45, 2.75) is 13.0 Å². The number of piperazine rings is 1. The third kappa shape index (κ3) is 4.02. The summed E-state index contributed by atoms with van der Waals surface area (Å²) in [5, 5.41) is 1.10. The van der Waals surface area contributed by atoms with Gasteiger partial charge < -0.3 is 15.4 Å². The van der Waals surface area contributed by atoms with Crippen LogP contribution in [0.25, 0.3) is 0 Å². The number of nitrogens with zero attached hydrogens (tertiary/aromatic N) is 2. The fourth-order valence-electron chi connectivity index (χ4n) is 2.68. The monoisotopic (exact) mass is 331 g/mol. The zero-order valence-corrected chi connectivity index (χ0v) is 14.1. The summed E-state index contributed by atoms with van der Waals surface area (Å²) in [5.41, 5.74) is 7.05. The van der Waals surface area contributed by atoms with Crippen molar-refractivity contribution in [3.63, 3.8) is 0 Å². The topological polar surface area (TPSA) is 41.7 Å². The van der Waals surface area contributed by atoms with E-state index in [1.54, 1.807) is 0 Å². The third-order valence-electron chi connectivity index (χ3n) is 3.90. The van der Waals surface area contributed by atoms with E-state index in [1.165, 1.54) is 0 Å². The molecule has 0 bridgehead atoms. The zero-order chi connectivity index (χ0) is 15.4. The van der Waals surface area contributed by atoms with E-state index >= 15 is 0 Å². The molecule has 118 valence electrons. The van der Waals surface area contributed by atoms with Crippen molar-refractivity contribution in [2.24, 2.45) is 5.73 Å². The second-order valence-electron chi connectivity index (χ2n) is 5.34. The van der Waals surface area contributed by atoms with Gasteiger partial charge in [-0.1, -0.05) is 23.2 Å². The summed E-state index contributed by atoms with van der Waals surface area (Å²) in [6.45, 7) is 7.10. The predicted octanol–water partition coefficient (Wildman–Crippen LogP) is 2.64. The molecule has 4 nitrogen and oxygen atoms in total. The molecule has 0 spiro atoms. The lowest BCUT2D eigenvalue weighted by Crippen LogP contribution is -2.47. The maximum atomic E-state index is 6.30. The summed E-state index contributed by atoms with van der Waals surface area (Å²) in [6, 6.07) is 3.99. The first-order chi connectivity index (χ1) is 10.1. The van der Waals surface area contributed by atoms with Crippen LogP contribution in [0.15, 0.2) is 12.1 Å². The molecule has 1 heterocycles. The highest BCUT2D eigenvalue weighted by atomic mass is 35.5. The first-order valence-corrected chi connectivity index (χ1v) is 8.06. The van der Waals surface area contributed by atoms with Gasteiger partial charge in [-0.15, -0.1) is 0 Å². The summed E-state index contributed by atoms with van der Waals surface area (Å²) in [7, 11) is 2.14. The van der Waals surface area contributed by atoms with Gasteiger partial charge in [0.05, 0.1) is 16.7 Å². The molecule has 2 N–H and O–H groups in total. The molecule has 0 amide bonds. The lowest BCUT2D eigenvalue weighted by atomic mass is 10.0. The molecule has 21 heavy (non-hydrogen) atoms. The minimum absolute atomic E-state index is 0.143. The Kier molecular flexibility index (Phi) is 6.14. The minimum atomic E-state index is 0.143. The van der Waals surface area contributed by atoms with Crippen molar-refractivity contribution >= 4 is 23.2 Å². The van der Waals surface area contributed by atoms with Gasteiger partial charge in [0.2, 0.25) is 0 Å². The van der Waals surface area contributed by atoms with Crippen molar-refractivity contribution in [3.05, 3.63) is 27.7 Å². The molecular formula is C15H23Cl2N3O. The number of benzene rings is 1. The fourth-order valence-corrected chi connectivity index (χ4v) is 3.30. The molecule has 0 aromatic heterocycles. The molecule has 0 saturated carbocycles. The molecule has 1 aromatic rings. The highest BCUT2D eigenvalue weighted by Crippen LogP contribution is 2.37. The number of likely N-dealkylation sites (N-methyl/N-ethyl adjacent to an activating group) is 1. The van der Waals surface area contributed by atoms with Crippen LogP contribution in [0, 0.1) is 0 Å². The molecule has 6 heteroatoms. The van der Waals surface area contributed by atoms with E-state index in [1.807, 2.05) is 19.1 Å². The van der Waals surface area contributed by atoms with Gasteiger partial charge in [0.15, 0.2) is 5.75 Å². The maximum absolute atomic E-state index is 6.30. The molecule has 1 aliphatic heterocycles. The molecule has 1 fully saturated rings. The Morgan fingerprint density at radius 2 is 1.76 bits per heavy atom. The Balaban J connectivity index is 2.22. The number of nitrogens with two attached hydrogens (primary N) is 1. The Morgan fingerprint density at radius 3 is 2.24 bits per heavy atom. The third-order valence-corrected chi connectivity index (χ3v) is 4.46. The molecule has 2 rings (SSSR count). The Morgan fingerprint density at radius 1 is 1.19 bits per heavy atom. The Bertz CT molecular complexity index is 453. The van der Waals surface area contributed by atoms with Gasteiger partial charge >= 0.3 is 0 Å². The largest absolute Gasteiger partial charge is 0.491 e. The summed E-state index contributed by atoms with van der Waals surface area (Å²) in [4.78, 5) is 4.71. The first-order valence-electron chi connectivity index (χ1n) is 7.31.